The number of esters is 2. The van der Waals surface area contributed by atoms with Gasteiger partial charge in [-0.3, -0.25) is 9.59 Å². The third kappa shape index (κ3) is 6.21. The van der Waals surface area contributed by atoms with E-state index in [4.69, 9.17) is 14.2 Å². The number of rotatable bonds is 9. The minimum Gasteiger partial charge on any atom is -0.489 e. The second-order valence-corrected chi connectivity index (χ2v) is 8.13. The standard InChI is InChI=1S/C25H30O5/c1-6-16-25(23(27)28-5,17-22(26)30-24(2,3)4)20-12-14-21(15-13-20)29-18-19-10-8-7-9-11-19/h6-15H,1,16-18H2,2-5H3. The maximum Gasteiger partial charge on any atom is 0.317 e. The fourth-order valence-corrected chi connectivity index (χ4v) is 3.24. The highest BCUT2D eigenvalue weighted by Crippen LogP contribution is 2.36. The normalized spacial score (nSPS) is 13.1. The number of ether oxygens (including phenoxy) is 3. The third-order valence-corrected chi connectivity index (χ3v) is 4.59. The summed E-state index contributed by atoms with van der Waals surface area (Å²) in [6, 6.07) is 17.0. The van der Waals surface area contributed by atoms with Crippen molar-refractivity contribution in [2.75, 3.05) is 7.11 Å². The van der Waals surface area contributed by atoms with E-state index < -0.39 is 23.0 Å². The second kappa shape index (κ2) is 10.1. The minimum absolute atomic E-state index is 0.146. The summed E-state index contributed by atoms with van der Waals surface area (Å²) in [5, 5.41) is 0. The summed E-state index contributed by atoms with van der Waals surface area (Å²) in [4.78, 5) is 25.4. The van der Waals surface area contributed by atoms with Gasteiger partial charge in [0.2, 0.25) is 0 Å². The third-order valence-electron chi connectivity index (χ3n) is 4.59. The predicted octanol–water partition coefficient (Wildman–Crippen LogP) is 4.98. The maximum absolute atomic E-state index is 12.8. The molecule has 0 saturated carbocycles. The van der Waals surface area contributed by atoms with Crippen molar-refractivity contribution in [3.05, 3.63) is 78.4 Å². The molecule has 5 nitrogen and oxygen atoms in total. The first-order valence-electron chi connectivity index (χ1n) is 9.88. The molecule has 5 heteroatoms. The molecule has 0 aliphatic heterocycles. The maximum atomic E-state index is 12.8. The molecule has 1 atom stereocenters. The molecular weight excluding hydrogens is 380 g/mol. The first kappa shape index (κ1) is 23.2. The fourth-order valence-electron chi connectivity index (χ4n) is 3.24. The summed E-state index contributed by atoms with van der Waals surface area (Å²) in [5.74, 6) is -0.317. The predicted molar refractivity (Wildman–Crippen MR) is 116 cm³/mol. The van der Waals surface area contributed by atoms with Crippen molar-refractivity contribution in [2.24, 2.45) is 0 Å². The molecule has 2 rings (SSSR count). The van der Waals surface area contributed by atoms with Crippen molar-refractivity contribution in [1.29, 1.82) is 0 Å². The van der Waals surface area contributed by atoms with Crippen LogP contribution in [-0.4, -0.2) is 24.6 Å². The molecule has 0 N–H and O–H groups in total. The molecule has 0 radical (unpaired) electrons. The molecule has 2 aromatic carbocycles. The summed E-state index contributed by atoms with van der Waals surface area (Å²) in [5.41, 5.74) is -0.159. The van der Waals surface area contributed by atoms with Crippen LogP contribution >= 0.6 is 0 Å². The van der Waals surface area contributed by atoms with E-state index in [1.807, 2.05) is 30.3 Å². The lowest BCUT2D eigenvalue weighted by atomic mass is 9.74. The summed E-state index contributed by atoms with van der Waals surface area (Å²) in [6.07, 6.45) is 1.71. The van der Waals surface area contributed by atoms with Gasteiger partial charge in [-0.05, 0) is 50.5 Å². The van der Waals surface area contributed by atoms with E-state index in [-0.39, 0.29) is 12.8 Å². The zero-order valence-electron chi connectivity index (χ0n) is 18.1. The van der Waals surface area contributed by atoms with Crippen LogP contribution in [0, 0.1) is 0 Å². The van der Waals surface area contributed by atoms with Crippen molar-refractivity contribution < 1.29 is 23.8 Å². The average molecular weight is 411 g/mol. The number of allylic oxidation sites excluding steroid dienone is 1. The van der Waals surface area contributed by atoms with Gasteiger partial charge in [-0.25, -0.2) is 0 Å². The molecule has 0 fully saturated rings. The van der Waals surface area contributed by atoms with Crippen LogP contribution < -0.4 is 4.74 Å². The first-order chi connectivity index (χ1) is 14.2. The lowest BCUT2D eigenvalue weighted by Gasteiger charge is -2.31. The van der Waals surface area contributed by atoms with Gasteiger partial charge in [0.15, 0.2) is 0 Å². The Bertz CT molecular complexity index is 849. The SMILES string of the molecule is C=CCC(CC(=O)OC(C)(C)C)(C(=O)OC)c1ccc(OCc2ccccc2)cc1. The number of benzene rings is 2. The summed E-state index contributed by atoms with van der Waals surface area (Å²) >= 11 is 0. The Morgan fingerprint density at radius 1 is 1.00 bits per heavy atom. The molecule has 1 unspecified atom stereocenters. The molecule has 2 aromatic rings. The van der Waals surface area contributed by atoms with Crippen LogP contribution in [0.3, 0.4) is 0 Å². The number of hydrogen-bond donors (Lipinski definition) is 0. The van der Waals surface area contributed by atoms with E-state index in [1.165, 1.54) is 7.11 Å². The Morgan fingerprint density at radius 2 is 1.63 bits per heavy atom. The Kier molecular flexibility index (Phi) is 7.81. The van der Waals surface area contributed by atoms with Crippen LogP contribution in [0.25, 0.3) is 0 Å². The highest BCUT2D eigenvalue weighted by molar-refractivity contribution is 5.89. The molecule has 160 valence electrons. The van der Waals surface area contributed by atoms with Gasteiger partial charge in [-0.15, -0.1) is 6.58 Å². The van der Waals surface area contributed by atoms with E-state index in [9.17, 15) is 9.59 Å². The molecule has 0 amide bonds. The molecule has 0 aliphatic rings. The summed E-state index contributed by atoms with van der Waals surface area (Å²) < 4.78 is 16.4. The van der Waals surface area contributed by atoms with Crippen molar-refractivity contribution in [3.8, 4) is 5.75 Å². The van der Waals surface area contributed by atoms with Gasteiger partial charge in [-0.2, -0.15) is 0 Å². The Labute approximate surface area is 178 Å². The van der Waals surface area contributed by atoms with E-state index in [1.54, 1.807) is 51.1 Å². The van der Waals surface area contributed by atoms with Crippen LogP contribution in [0.4, 0.5) is 0 Å². The van der Waals surface area contributed by atoms with Crippen LogP contribution in [-0.2, 0) is 31.1 Å². The number of hydrogen-bond acceptors (Lipinski definition) is 5. The Morgan fingerprint density at radius 3 is 2.17 bits per heavy atom. The molecule has 0 aromatic heterocycles. The fraction of sp³-hybridized carbons (Fsp3) is 0.360. The van der Waals surface area contributed by atoms with Gasteiger partial charge in [-0.1, -0.05) is 48.5 Å². The number of carbonyl (C=O) groups excluding carboxylic acids is 2. The smallest absolute Gasteiger partial charge is 0.317 e. The van der Waals surface area contributed by atoms with Crippen molar-refractivity contribution in [3.63, 3.8) is 0 Å². The Hall–Kier alpha value is -3.08. The highest BCUT2D eigenvalue weighted by Gasteiger charge is 2.43. The van der Waals surface area contributed by atoms with Gasteiger partial charge in [0.05, 0.1) is 13.5 Å². The van der Waals surface area contributed by atoms with E-state index in [2.05, 4.69) is 6.58 Å². The van der Waals surface area contributed by atoms with Gasteiger partial charge in [0.1, 0.15) is 23.4 Å². The van der Waals surface area contributed by atoms with E-state index in [0.29, 0.717) is 17.9 Å². The zero-order chi connectivity index (χ0) is 22.2. The van der Waals surface area contributed by atoms with Crippen LogP contribution in [0.15, 0.2) is 67.3 Å². The lowest BCUT2D eigenvalue weighted by molar-refractivity contribution is -0.162. The van der Waals surface area contributed by atoms with Gasteiger partial charge in [0, 0.05) is 0 Å². The Balaban J connectivity index is 2.27. The highest BCUT2D eigenvalue weighted by atomic mass is 16.6. The molecule has 0 heterocycles. The molecule has 0 bridgehead atoms. The summed E-state index contributed by atoms with van der Waals surface area (Å²) in [7, 11) is 1.31. The monoisotopic (exact) mass is 410 g/mol. The molecule has 0 spiro atoms. The second-order valence-electron chi connectivity index (χ2n) is 8.13. The lowest BCUT2D eigenvalue weighted by Crippen LogP contribution is -2.40. The molecule has 30 heavy (non-hydrogen) atoms. The molecular formula is C25H30O5. The van der Waals surface area contributed by atoms with Crippen molar-refractivity contribution in [1.82, 2.24) is 0 Å². The van der Waals surface area contributed by atoms with Crippen molar-refractivity contribution in [2.45, 2.75) is 51.2 Å². The first-order valence-corrected chi connectivity index (χ1v) is 9.88. The number of methoxy groups -OCH3 is 1. The van der Waals surface area contributed by atoms with E-state index >= 15 is 0 Å². The molecule has 0 saturated heterocycles. The number of carbonyl (C=O) groups is 2. The van der Waals surface area contributed by atoms with Crippen molar-refractivity contribution >= 4 is 11.9 Å². The van der Waals surface area contributed by atoms with Crippen LogP contribution in [0.1, 0.15) is 44.7 Å². The van der Waals surface area contributed by atoms with Crippen LogP contribution in [0.2, 0.25) is 0 Å². The topological polar surface area (TPSA) is 61.8 Å². The van der Waals surface area contributed by atoms with Gasteiger partial charge < -0.3 is 14.2 Å². The zero-order valence-corrected chi connectivity index (χ0v) is 18.1. The van der Waals surface area contributed by atoms with Gasteiger partial charge in [0.25, 0.3) is 0 Å². The van der Waals surface area contributed by atoms with E-state index in [0.717, 1.165) is 5.56 Å². The average Bonchev–Trinajstić information content (AvgIpc) is 2.71. The largest absolute Gasteiger partial charge is 0.489 e. The molecule has 0 aliphatic carbocycles. The summed E-state index contributed by atoms with van der Waals surface area (Å²) in [6.45, 7) is 9.57. The minimum atomic E-state index is -1.21. The van der Waals surface area contributed by atoms with Gasteiger partial charge >= 0.3 is 11.9 Å². The van der Waals surface area contributed by atoms with Crippen LogP contribution in [0.5, 0.6) is 5.75 Å². The quantitative estimate of drug-likeness (QED) is 0.431.